The van der Waals surface area contributed by atoms with Crippen LogP contribution in [-0.2, 0) is 11.2 Å². The fourth-order valence-electron chi connectivity index (χ4n) is 2.05. The van der Waals surface area contributed by atoms with Crippen LogP contribution >= 0.6 is 0 Å². The van der Waals surface area contributed by atoms with Gasteiger partial charge in [0, 0.05) is 24.1 Å². The number of carbonyl (C=O) groups is 2. The molecule has 2 aromatic carbocycles. The van der Waals surface area contributed by atoms with Crippen LogP contribution in [-0.4, -0.2) is 27.9 Å². The van der Waals surface area contributed by atoms with Crippen molar-refractivity contribution in [2.45, 2.75) is 12.5 Å². The second-order valence-electron chi connectivity index (χ2n) is 4.86. The maximum Gasteiger partial charge on any atom is 0.326 e. The molecule has 118 valence electrons. The molecule has 23 heavy (non-hydrogen) atoms. The predicted octanol–water partition coefficient (Wildman–Crippen LogP) is 2.02. The van der Waals surface area contributed by atoms with E-state index >= 15 is 0 Å². The Morgan fingerprint density at radius 2 is 1.83 bits per heavy atom. The molecule has 2 aromatic rings. The Morgan fingerprint density at radius 3 is 2.43 bits per heavy atom. The van der Waals surface area contributed by atoms with E-state index in [0.717, 1.165) is 11.6 Å². The van der Waals surface area contributed by atoms with Crippen LogP contribution in [0.4, 0.5) is 5.69 Å². The Balaban J connectivity index is 2.13. The minimum Gasteiger partial charge on any atom is -0.480 e. The molecule has 0 aliphatic carbocycles. The zero-order valence-corrected chi connectivity index (χ0v) is 12.0. The van der Waals surface area contributed by atoms with Crippen LogP contribution in [0.1, 0.15) is 15.9 Å². The SMILES string of the molecule is O=C(N[C@H](Cc1ccccc1)C(=O)O)c1cccc([N+](=O)[O-])c1. The average Bonchev–Trinajstić information content (AvgIpc) is 2.55. The van der Waals surface area contributed by atoms with Gasteiger partial charge in [0.05, 0.1) is 4.92 Å². The van der Waals surface area contributed by atoms with Gasteiger partial charge in [-0.2, -0.15) is 0 Å². The molecular formula is C16H14N2O5. The van der Waals surface area contributed by atoms with E-state index in [9.17, 15) is 24.8 Å². The molecule has 0 spiro atoms. The number of nitrogens with zero attached hydrogens (tertiary/aromatic N) is 1. The number of hydrogen-bond acceptors (Lipinski definition) is 4. The second kappa shape index (κ2) is 7.17. The first-order chi connectivity index (χ1) is 11.0. The average molecular weight is 314 g/mol. The highest BCUT2D eigenvalue weighted by molar-refractivity contribution is 5.97. The molecule has 0 aliphatic heterocycles. The molecule has 0 bridgehead atoms. The first-order valence-electron chi connectivity index (χ1n) is 6.79. The van der Waals surface area contributed by atoms with Crippen molar-refractivity contribution in [1.29, 1.82) is 0 Å². The molecule has 0 radical (unpaired) electrons. The first-order valence-corrected chi connectivity index (χ1v) is 6.79. The van der Waals surface area contributed by atoms with Gasteiger partial charge in [-0.05, 0) is 11.6 Å². The standard InChI is InChI=1S/C16H14N2O5/c19-15(12-7-4-8-13(10-12)18(22)23)17-14(16(20)21)9-11-5-2-1-3-6-11/h1-8,10,14H,9H2,(H,17,19)(H,20,21)/t14-/m1/s1. The number of carbonyl (C=O) groups excluding carboxylic acids is 1. The van der Waals surface area contributed by atoms with Crippen molar-refractivity contribution in [3.8, 4) is 0 Å². The Hall–Kier alpha value is -3.22. The summed E-state index contributed by atoms with van der Waals surface area (Å²) in [6, 6.07) is 12.9. The smallest absolute Gasteiger partial charge is 0.326 e. The topological polar surface area (TPSA) is 110 Å². The molecule has 1 amide bonds. The van der Waals surface area contributed by atoms with Gasteiger partial charge >= 0.3 is 5.97 Å². The van der Waals surface area contributed by atoms with E-state index in [4.69, 9.17) is 0 Å². The van der Waals surface area contributed by atoms with E-state index in [-0.39, 0.29) is 17.7 Å². The van der Waals surface area contributed by atoms with Crippen molar-refractivity contribution >= 4 is 17.6 Å². The van der Waals surface area contributed by atoms with E-state index in [2.05, 4.69) is 5.32 Å². The highest BCUT2D eigenvalue weighted by Gasteiger charge is 2.22. The van der Waals surface area contributed by atoms with Crippen molar-refractivity contribution in [3.63, 3.8) is 0 Å². The van der Waals surface area contributed by atoms with E-state index < -0.39 is 22.8 Å². The van der Waals surface area contributed by atoms with Crippen LogP contribution in [0.5, 0.6) is 0 Å². The van der Waals surface area contributed by atoms with Crippen LogP contribution in [0.3, 0.4) is 0 Å². The summed E-state index contributed by atoms with van der Waals surface area (Å²) in [6.45, 7) is 0. The Morgan fingerprint density at radius 1 is 1.13 bits per heavy atom. The third-order valence-corrected chi connectivity index (χ3v) is 3.21. The van der Waals surface area contributed by atoms with Crippen LogP contribution < -0.4 is 5.32 Å². The third-order valence-electron chi connectivity index (χ3n) is 3.21. The fraction of sp³-hybridized carbons (Fsp3) is 0.125. The second-order valence-corrected chi connectivity index (χ2v) is 4.86. The number of rotatable bonds is 6. The molecule has 2 rings (SSSR count). The lowest BCUT2D eigenvalue weighted by Crippen LogP contribution is -2.42. The summed E-state index contributed by atoms with van der Waals surface area (Å²) in [5, 5.41) is 22.4. The number of aliphatic carboxylic acids is 1. The molecule has 0 saturated heterocycles. The lowest BCUT2D eigenvalue weighted by molar-refractivity contribution is -0.384. The van der Waals surface area contributed by atoms with Crippen molar-refractivity contribution < 1.29 is 19.6 Å². The molecule has 1 atom stereocenters. The number of benzene rings is 2. The van der Waals surface area contributed by atoms with Gasteiger partial charge in [-0.3, -0.25) is 14.9 Å². The third kappa shape index (κ3) is 4.37. The van der Waals surface area contributed by atoms with E-state index in [1.807, 2.05) is 0 Å². The first kappa shape index (κ1) is 16.2. The Bertz CT molecular complexity index is 730. The summed E-state index contributed by atoms with van der Waals surface area (Å²) < 4.78 is 0. The molecule has 7 heteroatoms. The number of carboxylic acids is 1. The number of amides is 1. The van der Waals surface area contributed by atoms with Gasteiger partial charge in [-0.25, -0.2) is 4.79 Å². The molecule has 2 N–H and O–H groups in total. The van der Waals surface area contributed by atoms with Gasteiger partial charge in [0.2, 0.25) is 0 Å². The zero-order valence-electron chi connectivity index (χ0n) is 12.0. The number of nitro groups is 1. The number of hydrogen-bond donors (Lipinski definition) is 2. The quantitative estimate of drug-likeness (QED) is 0.626. The van der Waals surface area contributed by atoms with Crippen LogP contribution in [0.25, 0.3) is 0 Å². The minimum atomic E-state index is -1.17. The van der Waals surface area contributed by atoms with Crippen molar-refractivity contribution in [1.82, 2.24) is 5.32 Å². The zero-order chi connectivity index (χ0) is 16.8. The number of nitrogens with one attached hydrogen (secondary N) is 1. The van der Waals surface area contributed by atoms with Gasteiger partial charge in [0.25, 0.3) is 11.6 Å². The number of non-ortho nitro benzene ring substituents is 1. The number of carboxylic acid groups (broad SMARTS) is 1. The molecule has 0 fully saturated rings. The Kier molecular flexibility index (Phi) is 5.03. The number of nitro benzene ring substituents is 1. The van der Waals surface area contributed by atoms with Gasteiger partial charge in [-0.1, -0.05) is 36.4 Å². The largest absolute Gasteiger partial charge is 0.480 e. The van der Waals surface area contributed by atoms with Crippen LogP contribution in [0.2, 0.25) is 0 Å². The summed E-state index contributed by atoms with van der Waals surface area (Å²) in [7, 11) is 0. The van der Waals surface area contributed by atoms with Crippen molar-refractivity contribution in [3.05, 3.63) is 75.8 Å². The summed E-state index contributed by atoms with van der Waals surface area (Å²) in [5.74, 6) is -1.84. The predicted molar refractivity (Wildman–Crippen MR) is 82.1 cm³/mol. The molecule has 0 aromatic heterocycles. The molecule has 0 aliphatic rings. The van der Waals surface area contributed by atoms with Crippen molar-refractivity contribution in [2.24, 2.45) is 0 Å². The highest BCUT2D eigenvalue weighted by atomic mass is 16.6. The molecule has 0 saturated carbocycles. The normalized spacial score (nSPS) is 11.5. The van der Waals surface area contributed by atoms with E-state index in [1.54, 1.807) is 30.3 Å². The van der Waals surface area contributed by atoms with Crippen molar-refractivity contribution in [2.75, 3.05) is 0 Å². The maximum atomic E-state index is 12.1. The van der Waals surface area contributed by atoms with E-state index in [1.165, 1.54) is 18.2 Å². The summed E-state index contributed by atoms with van der Waals surface area (Å²) >= 11 is 0. The summed E-state index contributed by atoms with van der Waals surface area (Å²) in [4.78, 5) is 33.6. The summed E-state index contributed by atoms with van der Waals surface area (Å²) in [6.07, 6.45) is 0.122. The van der Waals surface area contributed by atoms with Gasteiger partial charge in [0.1, 0.15) is 6.04 Å². The van der Waals surface area contributed by atoms with Gasteiger partial charge < -0.3 is 10.4 Å². The van der Waals surface area contributed by atoms with Gasteiger partial charge in [-0.15, -0.1) is 0 Å². The lowest BCUT2D eigenvalue weighted by Gasteiger charge is -2.14. The molecular weight excluding hydrogens is 300 g/mol. The lowest BCUT2D eigenvalue weighted by atomic mass is 10.1. The monoisotopic (exact) mass is 314 g/mol. The molecule has 0 unspecified atom stereocenters. The van der Waals surface area contributed by atoms with Crippen LogP contribution in [0.15, 0.2) is 54.6 Å². The maximum absolute atomic E-state index is 12.1. The highest BCUT2D eigenvalue weighted by Crippen LogP contribution is 2.13. The molecule has 0 heterocycles. The summed E-state index contributed by atoms with van der Waals surface area (Å²) in [5.41, 5.74) is 0.574. The minimum absolute atomic E-state index is 0.0403. The van der Waals surface area contributed by atoms with E-state index in [0.29, 0.717) is 0 Å². The van der Waals surface area contributed by atoms with Gasteiger partial charge in [0.15, 0.2) is 0 Å². The molecule has 7 nitrogen and oxygen atoms in total. The van der Waals surface area contributed by atoms with Crippen LogP contribution in [0, 0.1) is 10.1 Å². The Labute approximate surface area is 131 Å². The fourth-order valence-corrected chi connectivity index (χ4v) is 2.05.